The van der Waals surface area contributed by atoms with Gasteiger partial charge in [0.15, 0.2) is 11.5 Å². The number of hydrogen-bond acceptors (Lipinski definition) is 5. The second-order valence-electron chi connectivity index (χ2n) is 4.86. The van der Waals surface area contributed by atoms with Crippen molar-refractivity contribution < 1.29 is 29.3 Å². The van der Waals surface area contributed by atoms with Crippen LogP contribution in [0.2, 0.25) is 0 Å². The van der Waals surface area contributed by atoms with Crippen LogP contribution in [-0.2, 0) is 11.4 Å². The number of carbonyl (C=O) groups is 2. The number of aliphatic carboxylic acids is 1. The minimum atomic E-state index is -1.54. The first-order valence-electron chi connectivity index (χ1n) is 6.80. The molecule has 120 valence electrons. The van der Waals surface area contributed by atoms with E-state index >= 15 is 0 Å². The van der Waals surface area contributed by atoms with Gasteiger partial charge in [-0.2, -0.15) is 0 Å². The summed E-state index contributed by atoms with van der Waals surface area (Å²) in [4.78, 5) is 22.3. The summed E-state index contributed by atoms with van der Waals surface area (Å²) in [6.07, 6.45) is 0. The topological polar surface area (TPSA) is 93.1 Å². The number of carboxylic acids is 1. The minimum absolute atomic E-state index is 0.0118. The predicted octanol–water partition coefficient (Wildman–Crippen LogP) is 2.56. The van der Waals surface area contributed by atoms with Crippen LogP contribution < -0.4 is 9.47 Å². The Morgan fingerprint density at radius 3 is 2.48 bits per heavy atom. The lowest BCUT2D eigenvalue weighted by Gasteiger charge is -2.13. The van der Waals surface area contributed by atoms with Gasteiger partial charge in [0.05, 0.1) is 7.11 Å². The summed E-state index contributed by atoms with van der Waals surface area (Å²) >= 11 is 0. The lowest BCUT2D eigenvalue weighted by atomic mass is 10.1. The Hall–Kier alpha value is -3.02. The molecule has 2 aromatic carbocycles. The number of aryl methyl sites for hydroxylation is 1. The number of ketones is 1. The number of carboxylic acid groups (broad SMARTS) is 1. The monoisotopic (exact) mass is 316 g/mol. The lowest BCUT2D eigenvalue weighted by Crippen LogP contribution is -2.13. The van der Waals surface area contributed by atoms with Gasteiger partial charge >= 0.3 is 5.97 Å². The first-order valence-corrected chi connectivity index (χ1v) is 6.80. The van der Waals surface area contributed by atoms with Crippen LogP contribution in [0.15, 0.2) is 36.4 Å². The molecule has 0 aliphatic heterocycles. The van der Waals surface area contributed by atoms with E-state index in [1.54, 1.807) is 12.1 Å². The van der Waals surface area contributed by atoms with Crippen LogP contribution >= 0.6 is 0 Å². The summed E-state index contributed by atoms with van der Waals surface area (Å²) < 4.78 is 10.8. The Balaban J connectivity index is 2.29. The van der Waals surface area contributed by atoms with Gasteiger partial charge in [0, 0.05) is 11.1 Å². The number of methoxy groups -OCH3 is 1. The normalized spacial score (nSPS) is 10.2. The van der Waals surface area contributed by atoms with E-state index in [0.29, 0.717) is 11.3 Å². The molecule has 0 aromatic heterocycles. The molecular formula is C17H16O6. The van der Waals surface area contributed by atoms with Gasteiger partial charge in [-0.3, -0.25) is 4.79 Å². The molecule has 6 nitrogen and oxygen atoms in total. The second-order valence-corrected chi connectivity index (χ2v) is 4.86. The van der Waals surface area contributed by atoms with Crippen molar-refractivity contribution in [2.45, 2.75) is 13.5 Å². The van der Waals surface area contributed by atoms with Crippen molar-refractivity contribution in [1.82, 2.24) is 0 Å². The van der Waals surface area contributed by atoms with E-state index in [4.69, 9.17) is 14.6 Å². The smallest absolute Gasteiger partial charge is 0.377 e. The summed E-state index contributed by atoms with van der Waals surface area (Å²) in [6.45, 7) is 1.89. The third-order valence-corrected chi connectivity index (χ3v) is 3.38. The Bertz CT molecular complexity index is 730. The number of hydrogen-bond donors (Lipinski definition) is 2. The molecule has 0 aliphatic carbocycles. The Kier molecular flexibility index (Phi) is 4.85. The number of Topliss-reactive ketones (excluding diaryl/α,β-unsaturated/α-hetero) is 1. The van der Waals surface area contributed by atoms with Crippen molar-refractivity contribution in [2.75, 3.05) is 7.11 Å². The quantitative estimate of drug-likeness (QED) is 0.628. The molecule has 0 heterocycles. The van der Waals surface area contributed by atoms with Gasteiger partial charge in [0.25, 0.3) is 5.78 Å². The number of rotatable bonds is 6. The van der Waals surface area contributed by atoms with E-state index in [0.717, 1.165) is 5.56 Å². The molecule has 0 radical (unpaired) electrons. The first-order chi connectivity index (χ1) is 10.9. The van der Waals surface area contributed by atoms with E-state index in [2.05, 4.69) is 0 Å². The summed E-state index contributed by atoms with van der Waals surface area (Å²) in [7, 11) is 1.44. The fourth-order valence-electron chi connectivity index (χ4n) is 2.08. The number of phenolic OH excluding ortho intramolecular Hbond substituents is 1. The third kappa shape index (κ3) is 3.60. The standard InChI is InChI=1S/C17H16O6/c1-10-4-3-5-13(18)12(10)9-23-15-8-11(16(19)17(20)21)6-7-14(15)22-2/h3-8,18H,9H2,1-2H3,(H,20,21). The summed E-state index contributed by atoms with van der Waals surface area (Å²) in [5.74, 6) is -1.89. The Morgan fingerprint density at radius 2 is 1.87 bits per heavy atom. The van der Waals surface area contributed by atoms with Crippen LogP contribution in [0.1, 0.15) is 21.5 Å². The molecule has 2 N–H and O–H groups in total. The largest absolute Gasteiger partial charge is 0.508 e. The molecule has 2 rings (SSSR count). The summed E-state index contributed by atoms with van der Waals surface area (Å²) in [5.41, 5.74) is 1.44. The van der Waals surface area contributed by atoms with Gasteiger partial charge in [-0.15, -0.1) is 0 Å². The van der Waals surface area contributed by atoms with Crippen LogP contribution in [0.3, 0.4) is 0 Å². The maximum absolute atomic E-state index is 11.5. The SMILES string of the molecule is COc1ccc(C(=O)C(=O)O)cc1OCc1c(C)cccc1O. The molecule has 0 saturated heterocycles. The van der Waals surface area contributed by atoms with Crippen LogP contribution in [0.4, 0.5) is 0 Å². The van der Waals surface area contributed by atoms with Gasteiger partial charge in [-0.1, -0.05) is 12.1 Å². The zero-order valence-corrected chi connectivity index (χ0v) is 12.7. The molecular weight excluding hydrogens is 300 g/mol. The van der Waals surface area contributed by atoms with Crippen molar-refractivity contribution in [3.8, 4) is 17.2 Å². The molecule has 0 unspecified atom stereocenters. The van der Waals surface area contributed by atoms with Crippen LogP contribution in [-0.4, -0.2) is 29.1 Å². The molecule has 0 atom stereocenters. The second kappa shape index (κ2) is 6.83. The van der Waals surface area contributed by atoms with Crippen molar-refractivity contribution in [3.63, 3.8) is 0 Å². The number of ether oxygens (including phenoxy) is 2. The average Bonchev–Trinajstić information content (AvgIpc) is 2.53. The van der Waals surface area contributed by atoms with Crippen molar-refractivity contribution in [2.24, 2.45) is 0 Å². The highest BCUT2D eigenvalue weighted by atomic mass is 16.5. The fourth-order valence-corrected chi connectivity index (χ4v) is 2.08. The maximum atomic E-state index is 11.5. The lowest BCUT2D eigenvalue weighted by molar-refractivity contribution is -0.131. The molecule has 0 amide bonds. The van der Waals surface area contributed by atoms with E-state index in [9.17, 15) is 14.7 Å². The van der Waals surface area contributed by atoms with E-state index < -0.39 is 11.8 Å². The van der Waals surface area contributed by atoms with Gasteiger partial charge < -0.3 is 19.7 Å². The highest BCUT2D eigenvalue weighted by molar-refractivity contribution is 6.39. The summed E-state index contributed by atoms with van der Waals surface area (Å²) in [5, 5.41) is 18.6. The van der Waals surface area contributed by atoms with E-state index in [1.807, 2.05) is 13.0 Å². The molecule has 0 fully saturated rings. The van der Waals surface area contributed by atoms with E-state index in [-0.39, 0.29) is 23.7 Å². The molecule has 0 spiro atoms. The molecule has 0 saturated carbocycles. The number of aromatic hydroxyl groups is 1. The van der Waals surface area contributed by atoms with Gasteiger partial charge in [-0.25, -0.2) is 4.79 Å². The van der Waals surface area contributed by atoms with Crippen LogP contribution in [0.25, 0.3) is 0 Å². The van der Waals surface area contributed by atoms with Gasteiger partial charge in [0.2, 0.25) is 0 Å². The van der Waals surface area contributed by atoms with Gasteiger partial charge in [0.1, 0.15) is 12.4 Å². The predicted molar refractivity (Wildman–Crippen MR) is 82.1 cm³/mol. The highest BCUT2D eigenvalue weighted by Gasteiger charge is 2.17. The number of carbonyl (C=O) groups excluding carboxylic acids is 1. The van der Waals surface area contributed by atoms with E-state index in [1.165, 1.54) is 25.3 Å². The van der Waals surface area contributed by atoms with Crippen LogP contribution in [0.5, 0.6) is 17.2 Å². The van der Waals surface area contributed by atoms with Gasteiger partial charge in [-0.05, 0) is 36.8 Å². The minimum Gasteiger partial charge on any atom is -0.508 e. The Morgan fingerprint density at radius 1 is 1.13 bits per heavy atom. The molecule has 0 bridgehead atoms. The zero-order chi connectivity index (χ0) is 17.0. The molecule has 23 heavy (non-hydrogen) atoms. The summed E-state index contributed by atoms with van der Waals surface area (Å²) in [6, 6.07) is 9.23. The highest BCUT2D eigenvalue weighted by Crippen LogP contribution is 2.30. The van der Waals surface area contributed by atoms with Crippen molar-refractivity contribution in [3.05, 3.63) is 53.1 Å². The fraction of sp³-hybridized carbons (Fsp3) is 0.176. The number of benzene rings is 2. The Labute approximate surface area is 132 Å². The van der Waals surface area contributed by atoms with Crippen molar-refractivity contribution in [1.29, 1.82) is 0 Å². The molecule has 2 aromatic rings. The van der Waals surface area contributed by atoms with Crippen molar-refractivity contribution >= 4 is 11.8 Å². The number of phenols is 1. The maximum Gasteiger partial charge on any atom is 0.377 e. The first kappa shape index (κ1) is 16.4. The molecule has 6 heteroatoms. The molecule has 0 aliphatic rings. The third-order valence-electron chi connectivity index (χ3n) is 3.38. The zero-order valence-electron chi connectivity index (χ0n) is 12.7. The average molecular weight is 316 g/mol. The van der Waals surface area contributed by atoms with Crippen LogP contribution in [0, 0.1) is 6.92 Å².